The molecule has 1 N–H and O–H groups in total. The second kappa shape index (κ2) is 5.62. The fraction of sp³-hybridized carbons (Fsp3) is 0.455. The largest absolute Gasteiger partial charge is 0.491 e. The molecule has 0 aliphatic rings. The average Bonchev–Trinajstić information content (AvgIpc) is 2.15. The Kier molecular flexibility index (Phi) is 4.43. The van der Waals surface area contributed by atoms with E-state index in [4.69, 9.17) is 4.74 Å². The Bertz CT molecular complexity index is 249. The molecule has 0 saturated heterocycles. The lowest BCUT2D eigenvalue weighted by atomic mass is 10.3. The third kappa shape index (κ3) is 4.25. The van der Waals surface area contributed by atoms with Crippen LogP contribution in [0.4, 0.5) is 0 Å². The first kappa shape index (κ1) is 11.0. The maximum atomic E-state index is 9.51. The van der Waals surface area contributed by atoms with E-state index in [2.05, 4.69) is 0 Å². The molecule has 0 bridgehead atoms. The van der Waals surface area contributed by atoms with E-state index < -0.39 is 6.10 Å². The quantitative estimate of drug-likeness (QED) is 0.760. The van der Waals surface area contributed by atoms with Gasteiger partial charge in [-0.1, -0.05) is 18.2 Å². The number of aliphatic hydroxyl groups is 1. The van der Waals surface area contributed by atoms with Crippen molar-refractivity contribution in [3.8, 4) is 5.75 Å². The first-order valence-corrected chi connectivity index (χ1v) is 4.69. The van der Waals surface area contributed by atoms with Crippen molar-refractivity contribution in [2.24, 2.45) is 0 Å². The summed E-state index contributed by atoms with van der Waals surface area (Å²) in [6.45, 7) is 0.953. The zero-order chi connectivity index (χ0) is 10.4. The fourth-order valence-electron chi connectivity index (χ4n) is 1.18. The van der Waals surface area contributed by atoms with Gasteiger partial charge in [-0.2, -0.15) is 0 Å². The van der Waals surface area contributed by atoms with Crippen molar-refractivity contribution in [1.29, 1.82) is 0 Å². The van der Waals surface area contributed by atoms with E-state index in [0.717, 1.165) is 5.75 Å². The number of benzene rings is 1. The number of rotatable bonds is 5. The van der Waals surface area contributed by atoms with Gasteiger partial charge in [-0.25, -0.2) is 0 Å². The van der Waals surface area contributed by atoms with Gasteiger partial charge in [0.2, 0.25) is 0 Å². The number of hydrogen-bond donors (Lipinski definition) is 1. The summed E-state index contributed by atoms with van der Waals surface area (Å²) in [6.07, 6.45) is -0.440. The van der Waals surface area contributed by atoms with E-state index in [1.165, 1.54) is 0 Å². The lowest BCUT2D eigenvalue weighted by molar-refractivity contribution is 0.0831. The summed E-state index contributed by atoms with van der Waals surface area (Å²) in [5.74, 6) is 0.797. The average molecular weight is 195 g/mol. The highest BCUT2D eigenvalue weighted by Gasteiger charge is 2.05. The van der Waals surface area contributed by atoms with Gasteiger partial charge in [0.1, 0.15) is 18.5 Å². The van der Waals surface area contributed by atoms with Crippen molar-refractivity contribution in [2.75, 3.05) is 27.2 Å². The molecular weight excluding hydrogens is 178 g/mol. The van der Waals surface area contributed by atoms with Crippen LogP contribution in [0.25, 0.3) is 0 Å². The van der Waals surface area contributed by atoms with Gasteiger partial charge in [0, 0.05) is 6.54 Å². The highest BCUT2D eigenvalue weighted by molar-refractivity contribution is 5.20. The minimum absolute atomic E-state index is 0.336. The standard InChI is InChI=1S/C11H17NO2/c1-12(2)8-10(13)9-14-11-6-4-3-5-7-11/h3-7,10,13H,8-9H2,1-2H3/t10-/m0/s1. The van der Waals surface area contributed by atoms with Gasteiger partial charge in [-0.15, -0.1) is 0 Å². The lowest BCUT2D eigenvalue weighted by Crippen LogP contribution is -2.30. The molecule has 1 rings (SSSR count). The molecule has 0 aliphatic carbocycles. The van der Waals surface area contributed by atoms with Gasteiger partial charge in [0.05, 0.1) is 0 Å². The van der Waals surface area contributed by atoms with E-state index in [1.54, 1.807) is 0 Å². The van der Waals surface area contributed by atoms with Crippen LogP contribution in [0, 0.1) is 0 Å². The molecule has 0 spiro atoms. The Morgan fingerprint density at radius 2 is 1.93 bits per heavy atom. The molecule has 3 nitrogen and oxygen atoms in total. The van der Waals surface area contributed by atoms with Crippen LogP contribution in [0.3, 0.4) is 0 Å². The summed E-state index contributed by atoms with van der Waals surface area (Å²) >= 11 is 0. The molecule has 78 valence electrons. The van der Waals surface area contributed by atoms with Gasteiger partial charge in [-0.3, -0.25) is 0 Å². The first-order valence-electron chi connectivity index (χ1n) is 4.69. The van der Waals surface area contributed by atoms with Crippen LogP contribution in [0.5, 0.6) is 5.75 Å². The molecule has 1 aromatic carbocycles. The number of para-hydroxylation sites is 1. The van der Waals surface area contributed by atoms with E-state index in [9.17, 15) is 5.11 Å². The fourth-order valence-corrected chi connectivity index (χ4v) is 1.18. The predicted molar refractivity (Wildman–Crippen MR) is 56.5 cm³/mol. The zero-order valence-electron chi connectivity index (χ0n) is 8.68. The number of hydrogen-bond acceptors (Lipinski definition) is 3. The molecule has 1 aromatic rings. The van der Waals surface area contributed by atoms with Crippen molar-refractivity contribution < 1.29 is 9.84 Å². The Morgan fingerprint density at radius 3 is 2.50 bits per heavy atom. The van der Waals surface area contributed by atoms with Crippen molar-refractivity contribution in [1.82, 2.24) is 4.90 Å². The molecular formula is C11H17NO2. The number of aliphatic hydroxyl groups excluding tert-OH is 1. The molecule has 0 amide bonds. The monoisotopic (exact) mass is 195 g/mol. The van der Waals surface area contributed by atoms with Crippen molar-refractivity contribution in [2.45, 2.75) is 6.10 Å². The summed E-state index contributed by atoms with van der Waals surface area (Å²) < 4.78 is 5.39. The highest BCUT2D eigenvalue weighted by atomic mass is 16.5. The molecule has 0 unspecified atom stereocenters. The molecule has 0 fully saturated rings. The summed E-state index contributed by atoms with van der Waals surface area (Å²) in [5, 5.41) is 9.51. The second-order valence-corrected chi connectivity index (χ2v) is 3.54. The maximum Gasteiger partial charge on any atom is 0.119 e. The van der Waals surface area contributed by atoms with Crippen LogP contribution >= 0.6 is 0 Å². The smallest absolute Gasteiger partial charge is 0.119 e. The first-order chi connectivity index (χ1) is 6.68. The predicted octanol–water partition coefficient (Wildman–Crippen LogP) is 0.988. The van der Waals surface area contributed by atoms with Crippen LogP contribution in [-0.2, 0) is 0 Å². The minimum Gasteiger partial charge on any atom is -0.491 e. The Labute approximate surface area is 84.9 Å². The summed E-state index contributed by atoms with van der Waals surface area (Å²) in [4.78, 5) is 1.93. The second-order valence-electron chi connectivity index (χ2n) is 3.54. The number of likely N-dealkylation sites (N-methyl/N-ethyl adjacent to an activating group) is 1. The molecule has 0 radical (unpaired) electrons. The molecule has 0 heterocycles. The molecule has 0 saturated carbocycles. The molecule has 3 heteroatoms. The Hall–Kier alpha value is -1.06. The molecule has 14 heavy (non-hydrogen) atoms. The van der Waals surface area contributed by atoms with E-state index in [0.29, 0.717) is 13.2 Å². The van der Waals surface area contributed by atoms with E-state index in [-0.39, 0.29) is 0 Å². The number of nitrogens with zero attached hydrogens (tertiary/aromatic N) is 1. The van der Waals surface area contributed by atoms with Gasteiger partial charge >= 0.3 is 0 Å². The SMILES string of the molecule is CN(C)C[C@H](O)COc1ccccc1. The Balaban J connectivity index is 2.27. The molecule has 0 aliphatic heterocycles. The van der Waals surface area contributed by atoms with Crippen molar-refractivity contribution >= 4 is 0 Å². The van der Waals surface area contributed by atoms with Crippen LogP contribution < -0.4 is 4.74 Å². The van der Waals surface area contributed by atoms with Crippen LogP contribution in [0.15, 0.2) is 30.3 Å². The number of ether oxygens (including phenoxy) is 1. The van der Waals surface area contributed by atoms with Gasteiger partial charge in [0.25, 0.3) is 0 Å². The summed E-state index contributed by atoms with van der Waals surface area (Å²) in [7, 11) is 3.84. The zero-order valence-corrected chi connectivity index (χ0v) is 8.68. The van der Waals surface area contributed by atoms with Gasteiger partial charge in [-0.05, 0) is 26.2 Å². The van der Waals surface area contributed by atoms with Gasteiger partial charge in [0.15, 0.2) is 0 Å². The van der Waals surface area contributed by atoms with Crippen LogP contribution in [0.1, 0.15) is 0 Å². The minimum atomic E-state index is -0.440. The lowest BCUT2D eigenvalue weighted by Gasteiger charge is -2.16. The van der Waals surface area contributed by atoms with Crippen LogP contribution in [-0.4, -0.2) is 43.4 Å². The third-order valence-corrected chi connectivity index (χ3v) is 1.76. The van der Waals surface area contributed by atoms with E-state index >= 15 is 0 Å². The maximum absolute atomic E-state index is 9.51. The highest BCUT2D eigenvalue weighted by Crippen LogP contribution is 2.08. The summed E-state index contributed by atoms with van der Waals surface area (Å²) in [6, 6.07) is 9.51. The summed E-state index contributed by atoms with van der Waals surface area (Å²) in [5.41, 5.74) is 0. The van der Waals surface area contributed by atoms with E-state index in [1.807, 2.05) is 49.3 Å². The Morgan fingerprint density at radius 1 is 1.29 bits per heavy atom. The van der Waals surface area contributed by atoms with Crippen LogP contribution in [0.2, 0.25) is 0 Å². The van der Waals surface area contributed by atoms with Crippen molar-refractivity contribution in [3.05, 3.63) is 30.3 Å². The van der Waals surface area contributed by atoms with Crippen molar-refractivity contribution in [3.63, 3.8) is 0 Å². The van der Waals surface area contributed by atoms with Gasteiger partial charge < -0.3 is 14.7 Å². The molecule has 1 atom stereocenters. The molecule has 0 aromatic heterocycles. The third-order valence-electron chi connectivity index (χ3n) is 1.76. The normalized spacial score (nSPS) is 12.9. The topological polar surface area (TPSA) is 32.7 Å².